The van der Waals surface area contributed by atoms with Crippen molar-refractivity contribution in [1.29, 1.82) is 0 Å². The molecule has 0 amide bonds. The van der Waals surface area contributed by atoms with Crippen LogP contribution in [0.25, 0.3) is 0 Å². The minimum atomic E-state index is -0.422. The Labute approximate surface area is 116 Å². The predicted molar refractivity (Wildman–Crippen MR) is 75.0 cm³/mol. The van der Waals surface area contributed by atoms with Crippen molar-refractivity contribution in [3.05, 3.63) is 53.1 Å². The van der Waals surface area contributed by atoms with E-state index in [2.05, 4.69) is 15.3 Å². The average molecular weight is 280 g/mol. The van der Waals surface area contributed by atoms with Crippen molar-refractivity contribution in [2.45, 2.75) is 19.3 Å². The molecule has 0 aliphatic heterocycles. The molecule has 1 N–H and O–H groups in total. The zero-order valence-corrected chi connectivity index (χ0v) is 11.6. The molecule has 100 valence electrons. The predicted octanol–water partition coefficient (Wildman–Crippen LogP) is 3.66. The highest BCUT2D eigenvalue weighted by molar-refractivity contribution is 6.30. The molecule has 0 radical (unpaired) electrons. The number of aromatic nitrogens is 2. The van der Waals surface area contributed by atoms with E-state index >= 15 is 0 Å². The van der Waals surface area contributed by atoms with Crippen LogP contribution in [0.2, 0.25) is 5.02 Å². The zero-order chi connectivity index (χ0) is 13.9. The number of hydrogen-bond acceptors (Lipinski definition) is 3. The molecule has 0 unspecified atom stereocenters. The number of rotatable bonds is 4. The van der Waals surface area contributed by atoms with Crippen LogP contribution in [0.4, 0.5) is 10.3 Å². The van der Waals surface area contributed by atoms with Crippen LogP contribution in [0.3, 0.4) is 0 Å². The van der Waals surface area contributed by atoms with Gasteiger partial charge in [0.2, 0.25) is 5.95 Å². The first kappa shape index (κ1) is 13.7. The fourth-order valence-corrected chi connectivity index (χ4v) is 1.99. The Morgan fingerprint density at radius 3 is 2.58 bits per heavy atom. The third kappa shape index (κ3) is 3.20. The van der Waals surface area contributed by atoms with E-state index in [0.29, 0.717) is 18.1 Å². The Bertz CT molecular complexity index is 558. The molecule has 0 atom stereocenters. The molecule has 19 heavy (non-hydrogen) atoms. The molecule has 0 aliphatic carbocycles. The number of nitrogens with one attached hydrogen (secondary N) is 1. The molecule has 0 fully saturated rings. The van der Waals surface area contributed by atoms with E-state index < -0.39 is 5.41 Å². The van der Waals surface area contributed by atoms with Crippen molar-refractivity contribution in [1.82, 2.24) is 9.97 Å². The van der Waals surface area contributed by atoms with Crippen molar-refractivity contribution in [2.24, 2.45) is 0 Å². The molecule has 1 aromatic heterocycles. The van der Waals surface area contributed by atoms with Crippen LogP contribution >= 0.6 is 11.6 Å². The molecule has 0 saturated heterocycles. The lowest BCUT2D eigenvalue weighted by Gasteiger charge is -2.26. The maximum absolute atomic E-state index is 14.0. The molecule has 0 spiro atoms. The molecule has 0 aliphatic rings. The van der Waals surface area contributed by atoms with Gasteiger partial charge in [0.1, 0.15) is 5.82 Å². The van der Waals surface area contributed by atoms with Gasteiger partial charge in [-0.1, -0.05) is 37.6 Å². The highest BCUT2D eigenvalue weighted by Crippen LogP contribution is 2.29. The number of benzene rings is 1. The van der Waals surface area contributed by atoms with Crippen LogP contribution in [0.1, 0.15) is 19.4 Å². The SMILES string of the molecule is CC(C)(CNc1ncccn1)c1cccc(Cl)c1F. The van der Waals surface area contributed by atoms with Gasteiger partial charge in [-0.15, -0.1) is 0 Å². The topological polar surface area (TPSA) is 37.8 Å². The normalized spacial score (nSPS) is 11.4. The van der Waals surface area contributed by atoms with Gasteiger partial charge in [-0.25, -0.2) is 14.4 Å². The fourth-order valence-electron chi connectivity index (χ4n) is 1.81. The van der Waals surface area contributed by atoms with Crippen molar-refractivity contribution in [3.8, 4) is 0 Å². The van der Waals surface area contributed by atoms with E-state index in [-0.39, 0.29) is 10.8 Å². The second-order valence-corrected chi connectivity index (χ2v) is 5.32. The lowest BCUT2D eigenvalue weighted by molar-refractivity contribution is 0.503. The van der Waals surface area contributed by atoms with Crippen LogP contribution in [0, 0.1) is 5.82 Å². The highest BCUT2D eigenvalue weighted by Gasteiger charge is 2.25. The Morgan fingerprint density at radius 1 is 1.21 bits per heavy atom. The molecule has 2 aromatic rings. The first-order chi connectivity index (χ1) is 9.00. The maximum atomic E-state index is 14.0. The number of anilines is 1. The van der Waals surface area contributed by atoms with Gasteiger partial charge in [0.15, 0.2) is 0 Å². The molecular formula is C14H15ClFN3. The summed E-state index contributed by atoms with van der Waals surface area (Å²) in [6.45, 7) is 4.39. The average Bonchev–Trinajstić information content (AvgIpc) is 2.41. The molecular weight excluding hydrogens is 265 g/mol. The van der Waals surface area contributed by atoms with Crippen molar-refractivity contribution < 1.29 is 4.39 Å². The zero-order valence-electron chi connectivity index (χ0n) is 10.8. The summed E-state index contributed by atoms with van der Waals surface area (Å²) in [4.78, 5) is 8.15. The summed E-state index contributed by atoms with van der Waals surface area (Å²) < 4.78 is 14.0. The van der Waals surface area contributed by atoms with E-state index in [1.54, 1.807) is 36.7 Å². The van der Waals surface area contributed by atoms with Crippen LogP contribution in [-0.4, -0.2) is 16.5 Å². The van der Waals surface area contributed by atoms with Crippen LogP contribution in [0.15, 0.2) is 36.7 Å². The second-order valence-electron chi connectivity index (χ2n) is 4.91. The lowest BCUT2D eigenvalue weighted by atomic mass is 9.84. The van der Waals surface area contributed by atoms with Crippen molar-refractivity contribution in [3.63, 3.8) is 0 Å². The number of halogens is 2. The summed E-state index contributed by atoms with van der Waals surface area (Å²) in [6, 6.07) is 6.79. The Balaban J connectivity index is 2.16. The third-order valence-electron chi connectivity index (χ3n) is 2.93. The van der Waals surface area contributed by atoms with Gasteiger partial charge in [-0.2, -0.15) is 0 Å². The van der Waals surface area contributed by atoms with Gasteiger partial charge in [0.25, 0.3) is 0 Å². The van der Waals surface area contributed by atoms with E-state index in [9.17, 15) is 4.39 Å². The third-order valence-corrected chi connectivity index (χ3v) is 3.23. The largest absolute Gasteiger partial charge is 0.353 e. The van der Waals surface area contributed by atoms with Crippen molar-refractivity contribution >= 4 is 17.5 Å². The van der Waals surface area contributed by atoms with Gasteiger partial charge < -0.3 is 5.32 Å². The maximum Gasteiger partial charge on any atom is 0.222 e. The number of nitrogens with zero attached hydrogens (tertiary/aromatic N) is 2. The lowest BCUT2D eigenvalue weighted by Crippen LogP contribution is -2.29. The molecule has 2 rings (SSSR count). The van der Waals surface area contributed by atoms with E-state index in [1.165, 1.54) is 0 Å². The monoisotopic (exact) mass is 279 g/mol. The molecule has 1 heterocycles. The first-order valence-electron chi connectivity index (χ1n) is 5.96. The summed E-state index contributed by atoms with van der Waals surface area (Å²) in [5, 5.41) is 3.24. The molecule has 1 aromatic carbocycles. The highest BCUT2D eigenvalue weighted by atomic mass is 35.5. The van der Waals surface area contributed by atoms with E-state index in [4.69, 9.17) is 11.6 Å². The van der Waals surface area contributed by atoms with Gasteiger partial charge in [0, 0.05) is 24.4 Å². The molecule has 5 heteroatoms. The minimum absolute atomic E-state index is 0.140. The fraction of sp³-hybridized carbons (Fsp3) is 0.286. The Kier molecular flexibility index (Phi) is 4.00. The van der Waals surface area contributed by atoms with E-state index in [0.717, 1.165) is 0 Å². The van der Waals surface area contributed by atoms with E-state index in [1.807, 2.05) is 13.8 Å². The van der Waals surface area contributed by atoms with Gasteiger partial charge in [0.05, 0.1) is 5.02 Å². The summed E-state index contributed by atoms with van der Waals surface area (Å²) in [5.74, 6) is 0.156. The summed E-state index contributed by atoms with van der Waals surface area (Å²) >= 11 is 5.82. The Hall–Kier alpha value is -1.68. The standard InChI is InChI=1S/C14H15ClFN3/c1-14(2,9-19-13-17-7-4-8-18-13)10-5-3-6-11(15)12(10)16/h3-8H,9H2,1-2H3,(H,17,18,19). The molecule has 0 bridgehead atoms. The molecule has 3 nitrogen and oxygen atoms in total. The summed E-state index contributed by atoms with van der Waals surface area (Å²) in [7, 11) is 0. The van der Waals surface area contributed by atoms with Crippen LogP contribution in [0.5, 0.6) is 0 Å². The first-order valence-corrected chi connectivity index (χ1v) is 6.34. The van der Waals surface area contributed by atoms with Crippen molar-refractivity contribution in [2.75, 3.05) is 11.9 Å². The van der Waals surface area contributed by atoms with Crippen LogP contribution in [-0.2, 0) is 5.41 Å². The smallest absolute Gasteiger partial charge is 0.222 e. The Morgan fingerprint density at radius 2 is 1.89 bits per heavy atom. The second kappa shape index (κ2) is 5.53. The van der Waals surface area contributed by atoms with Gasteiger partial charge in [-0.3, -0.25) is 0 Å². The van der Waals surface area contributed by atoms with Gasteiger partial charge in [-0.05, 0) is 17.7 Å². The minimum Gasteiger partial charge on any atom is -0.353 e. The summed E-state index contributed by atoms with van der Waals surface area (Å²) in [5.41, 5.74) is 0.150. The van der Waals surface area contributed by atoms with Crippen LogP contribution < -0.4 is 5.32 Å². The quantitative estimate of drug-likeness (QED) is 0.928. The molecule has 0 saturated carbocycles. The summed E-state index contributed by atoms with van der Waals surface area (Å²) in [6.07, 6.45) is 3.31. The van der Waals surface area contributed by atoms with Gasteiger partial charge >= 0.3 is 0 Å². The number of hydrogen-bond donors (Lipinski definition) is 1.